The summed E-state index contributed by atoms with van der Waals surface area (Å²) in [6.07, 6.45) is 4.57. The van der Waals surface area contributed by atoms with Gasteiger partial charge in [-0.3, -0.25) is 9.78 Å². The summed E-state index contributed by atoms with van der Waals surface area (Å²) in [7, 11) is -1.61. The molecular formula is C41H47F2IrN2O2S2Si-. The average molecular weight is 922 g/mol. The molecule has 3 aromatic carbocycles. The van der Waals surface area contributed by atoms with Gasteiger partial charge in [0.1, 0.15) is 6.33 Å². The largest absolute Gasteiger partial charge is 0.512 e. The van der Waals surface area contributed by atoms with E-state index < -0.39 is 14.5 Å². The van der Waals surface area contributed by atoms with Gasteiger partial charge in [-0.1, -0.05) is 88.6 Å². The molecule has 6 rings (SSSR count). The zero-order valence-corrected chi connectivity index (χ0v) is 35.4. The van der Waals surface area contributed by atoms with Gasteiger partial charge in [-0.15, -0.1) is 51.4 Å². The van der Waals surface area contributed by atoms with Crippen LogP contribution in [0, 0.1) is 17.9 Å². The first-order valence-electron chi connectivity index (χ1n) is 17.7. The van der Waals surface area contributed by atoms with Crippen LogP contribution in [0.5, 0.6) is 0 Å². The number of aryl methyl sites for hydroxylation is 1. The number of allylic oxidation sites excluding steroid dienone is 2. The number of carbonyl (C=O) groups is 1. The molecule has 4 nitrogen and oxygen atoms in total. The molecule has 51 heavy (non-hydrogen) atoms. The SMILES string of the molecule is CCC(CC)C(=O)/C=C(\O)C(CC)CC.C[Si](C)(C)c1cc(-c2ncnc3c2sc2c4ccc(CCC(F)F)cc4sc32)[c-]c2ccccc12.[Ir]. The molecule has 0 aliphatic carbocycles. The number of carbonyl (C=O) groups excluding carboxylic acids is 1. The average Bonchev–Trinajstić information content (AvgIpc) is 3.63. The number of benzene rings is 3. The van der Waals surface area contributed by atoms with Gasteiger partial charge in [0.05, 0.1) is 28.7 Å². The van der Waals surface area contributed by atoms with Crippen LogP contribution >= 0.6 is 22.7 Å². The number of nitrogens with zero attached hydrogens (tertiary/aromatic N) is 2. The predicted molar refractivity (Wildman–Crippen MR) is 213 cm³/mol. The number of halogens is 2. The summed E-state index contributed by atoms with van der Waals surface area (Å²) in [6.45, 7) is 15.2. The number of aliphatic hydroxyl groups is 1. The van der Waals surface area contributed by atoms with Crippen LogP contribution in [0.4, 0.5) is 8.78 Å². The maximum Gasteiger partial charge on any atom is 0.239 e. The van der Waals surface area contributed by atoms with Crippen molar-refractivity contribution < 1.29 is 38.8 Å². The van der Waals surface area contributed by atoms with Crippen LogP contribution in [0.25, 0.3) is 51.7 Å². The smallest absolute Gasteiger partial charge is 0.239 e. The van der Waals surface area contributed by atoms with Crippen LogP contribution in [-0.4, -0.2) is 35.4 Å². The van der Waals surface area contributed by atoms with Gasteiger partial charge in [0.2, 0.25) is 6.43 Å². The third kappa shape index (κ3) is 9.20. The van der Waals surface area contributed by atoms with Gasteiger partial charge in [-0.05, 0) is 43.7 Å². The van der Waals surface area contributed by atoms with Gasteiger partial charge in [0, 0.05) is 64.9 Å². The molecule has 3 heterocycles. The van der Waals surface area contributed by atoms with Crippen molar-refractivity contribution in [1.82, 2.24) is 9.97 Å². The summed E-state index contributed by atoms with van der Waals surface area (Å²) in [4.78, 5) is 21.1. The van der Waals surface area contributed by atoms with E-state index in [-0.39, 0.29) is 49.9 Å². The fraction of sp³-hybridized carbons (Fsp3) is 0.390. The van der Waals surface area contributed by atoms with Gasteiger partial charge in [-0.2, -0.15) is 0 Å². The molecule has 3 aromatic heterocycles. The molecule has 0 aliphatic rings. The van der Waals surface area contributed by atoms with E-state index in [1.165, 1.54) is 21.3 Å². The monoisotopic (exact) mass is 922 g/mol. The summed E-state index contributed by atoms with van der Waals surface area (Å²) in [5.41, 5.74) is 3.86. The van der Waals surface area contributed by atoms with Crippen molar-refractivity contribution in [2.45, 2.75) is 92.3 Å². The van der Waals surface area contributed by atoms with Crippen molar-refractivity contribution in [3.8, 4) is 11.3 Å². The molecule has 0 unspecified atom stereocenters. The Morgan fingerprint density at radius 2 is 1.57 bits per heavy atom. The van der Waals surface area contributed by atoms with Crippen LogP contribution in [0.2, 0.25) is 19.6 Å². The van der Waals surface area contributed by atoms with Crippen molar-refractivity contribution in [2.75, 3.05) is 0 Å². The van der Waals surface area contributed by atoms with E-state index in [1.807, 2.05) is 33.8 Å². The summed E-state index contributed by atoms with van der Waals surface area (Å²) in [5.74, 6) is 0.547. The van der Waals surface area contributed by atoms with E-state index in [4.69, 9.17) is 4.98 Å². The van der Waals surface area contributed by atoms with Crippen molar-refractivity contribution in [3.63, 3.8) is 0 Å². The number of hydrogen-bond donors (Lipinski definition) is 1. The molecule has 0 aliphatic heterocycles. The van der Waals surface area contributed by atoms with Crippen molar-refractivity contribution >= 4 is 82.2 Å². The van der Waals surface area contributed by atoms with Gasteiger partial charge in [0.15, 0.2) is 5.78 Å². The Morgan fingerprint density at radius 1 is 0.882 bits per heavy atom. The Balaban J connectivity index is 0.000000312. The van der Waals surface area contributed by atoms with Gasteiger partial charge in [-0.25, -0.2) is 13.8 Å². The number of thiophene rings is 2. The number of hydrogen-bond acceptors (Lipinski definition) is 6. The third-order valence-electron chi connectivity index (χ3n) is 9.50. The molecule has 10 heteroatoms. The normalized spacial score (nSPS) is 12.4. The van der Waals surface area contributed by atoms with E-state index in [0.717, 1.165) is 72.9 Å². The molecule has 0 saturated heterocycles. The summed E-state index contributed by atoms with van der Waals surface area (Å²) >= 11 is 3.41. The fourth-order valence-electron chi connectivity index (χ4n) is 6.49. The predicted octanol–water partition coefficient (Wildman–Crippen LogP) is 12.3. The Bertz CT molecular complexity index is 2150. The zero-order chi connectivity index (χ0) is 36.2. The Labute approximate surface area is 322 Å². The number of aliphatic hydroxyl groups excluding tert-OH is 1. The Hall–Kier alpha value is -2.88. The molecule has 273 valence electrons. The molecule has 0 bridgehead atoms. The molecule has 0 atom stereocenters. The van der Waals surface area contributed by atoms with Gasteiger partial charge < -0.3 is 5.11 Å². The summed E-state index contributed by atoms with van der Waals surface area (Å²) in [5, 5.41) is 14.7. The molecule has 0 saturated carbocycles. The van der Waals surface area contributed by atoms with Crippen LogP contribution in [0.15, 0.2) is 66.7 Å². The minimum Gasteiger partial charge on any atom is -0.512 e. The number of ketones is 1. The maximum absolute atomic E-state index is 12.7. The van der Waals surface area contributed by atoms with Crippen LogP contribution in [0.3, 0.4) is 0 Å². The van der Waals surface area contributed by atoms with Gasteiger partial charge in [0.25, 0.3) is 0 Å². The maximum atomic E-state index is 12.7. The Morgan fingerprint density at radius 3 is 2.22 bits per heavy atom. The zero-order valence-electron chi connectivity index (χ0n) is 30.4. The molecule has 0 fully saturated rings. The fourth-order valence-corrected chi connectivity index (χ4v) is 10.8. The second-order valence-corrected chi connectivity index (χ2v) is 21.0. The minimum atomic E-state index is -2.27. The van der Waals surface area contributed by atoms with E-state index in [9.17, 15) is 18.7 Å². The van der Waals surface area contributed by atoms with E-state index >= 15 is 0 Å². The van der Waals surface area contributed by atoms with Crippen molar-refractivity contribution in [1.29, 1.82) is 0 Å². The summed E-state index contributed by atoms with van der Waals surface area (Å²) in [6, 6.07) is 20.5. The second kappa shape index (κ2) is 17.8. The topological polar surface area (TPSA) is 63.1 Å². The number of aromatic nitrogens is 2. The number of alkyl halides is 2. The molecule has 0 amide bonds. The van der Waals surface area contributed by atoms with E-state index in [2.05, 4.69) is 73.2 Å². The minimum absolute atomic E-state index is 0. The molecule has 6 aromatic rings. The number of rotatable bonds is 12. The Kier molecular flexibility index (Phi) is 14.2. The van der Waals surface area contributed by atoms with Crippen LogP contribution < -0.4 is 5.19 Å². The van der Waals surface area contributed by atoms with E-state index in [0.29, 0.717) is 6.42 Å². The molecular weight excluding hydrogens is 875 g/mol. The molecule has 0 spiro atoms. The third-order valence-corrected chi connectivity index (χ3v) is 14.0. The standard InChI is InChI=1S/C28H23F2N2S2Si.C13H24O2.Ir/c1-35(2,3)22-14-18(13-17-6-4-5-7-19(17)22)24-27-25(32-15-31-24)28-26(34-27)20-10-8-16(9-11-23(29)30)12-21(20)33-28;1-5-10(6-2)12(14)9-13(15)11(7-3)8-4;/h4-8,10,12,14-15,23H,9,11H2,1-3H3;9-11,14H,5-8H2,1-4H3;/q-1;;/b;12-9-;. The first kappa shape index (κ1) is 40.9. The first-order valence-corrected chi connectivity index (χ1v) is 22.8. The van der Waals surface area contributed by atoms with Crippen molar-refractivity contribution in [3.05, 3.63) is 78.3 Å². The van der Waals surface area contributed by atoms with Crippen LogP contribution in [-0.2, 0) is 31.3 Å². The number of fused-ring (bicyclic) bond motifs is 6. The van der Waals surface area contributed by atoms with Crippen LogP contribution in [0.1, 0.15) is 65.4 Å². The van der Waals surface area contributed by atoms with Gasteiger partial charge >= 0.3 is 0 Å². The second-order valence-electron chi connectivity index (χ2n) is 13.9. The van der Waals surface area contributed by atoms with E-state index in [1.54, 1.807) is 29.0 Å². The quantitative estimate of drug-likeness (QED) is 0.0575. The molecule has 1 radical (unpaired) electrons. The molecule has 1 N–H and O–H groups in total. The first-order chi connectivity index (χ1) is 23.9. The van der Waals surface area contributed by atoms with Crippen molar-refractivity contribution in [2.24, 2.45) is 11.8 Å². The summed E-state index contributed by atoms with van der Waals surface area (Å²) < 4.78 is 29.9.